The van der Waals surface area contributed by atoms with Gasteiger partial charge in [0.05, 0.1) is 0 Å². The maximum absolute atomic E-state index is 4.78. The minimum Gasteiger partial charge on any atom is -0.449 e. The van der Waals surface area contributed by atoms with E-state index in [1.165, 1.54) is 0 Å². The Bertz CT molecular complexity index is 17.7. The Labute approximate surface area is 55.2 Å². The molecule has 0 unspecified atom stereocenters. The molecule has 7 heavy (non-hydrogen) atoms. The minimum atomic E-state index is -0.444. The Hall–Kier alpha value is 0.961. The second-order valence-electron chi connectivity index (χ2n) is 0.695. The van der Waals surface area contributed by atoms with Crippen molar-refractivity contribution in [1.29, 1.82) is 0 Å². The quantitative estimate of drug-likeness (QED) is 0.336. The summed E-state index contributed by atoms with van der Waals surface area (Å²) in [5, 5.41) is 0. The molecule has 0 saturated carbocycles. The predicted molar refractivity (Wildman–Crippen MR) is 38.2 cm³/mol. The van der Waals surface area contributed by atoms with Crippen LogP contribution in [0, 0.1) is 0 Å². The Morgan fingerprint density at radius 1 is 1.14 bits per heavy atom. The molecule has 3 nitrogen and oxygen atoms in total. The van der Waals surface area contributed by atoms with Gasteiger partial charge in [0.15, 0.2) is 0 Å². The lowest BCUT2D eigenvalue weighted by Gasteiger charge is -1.87. The van der Waals surface area contributed by atoms with Crippen molar-refractivity contribution in [1.82, 2.24) is 0 Å². The van der Waals surface area contributed by atoms with Crippen molar-refractivity contribution >= 4 is 40.9 Å². The van der Waals surface area contributed by atoms with Crippen LogP contribution in [0.4, 0.5) is 0 Å². The molecule has 0 atom stereocenters. The van der Waals surface area contributed by atoms with Crippen LogP contribution in [0.3, 0.4) is 0 Å². The topological polar surface area (TPSA) is 47.0 Å². The van der Waals surface area contributed by atoms with E-state index in [-0.39, 0.29) is 15.4 Å². The van der Waals surface area contributed by atoms with Crippen LogP contribution >= 0.6 is 9.90 Å². The first kappa shape index (κ1) is 15.7. The van der Waals surface area contributed by atoms with Gasteiger partial charge >= 0.3 is 0 Å². The Morgan fingerprint density at radius 3 is 1.43 bits per heavy atom. The van der Waals surface area contributed by atoms with Crippen LogP contribution in [0.15, 0.2) is 0 Å². The molecule has 0 rings (SSSR count). The highest BCUT2D eigenvalue weighted by Gasteiger charge is 1.66. The fraction of sp³-hybridized carbons (Fsp3) is 0. The SMILES string of the molecule is [O].[P].[SiH3]O[SiH2]O[SiH3]. The third-order valence-corrected chi connectivity index (χ3v) is 2.12. The van der Waals surface area contributed by atoms with Crippen molar-refractivity contribution in [3.05, 3.63) is 0 Å². The predicted octanol–water partition coefficient (Wildman–Crippen LogP) is -2.68. The van der Waals surface area contributed by atoms with Crippen molar-refractivity contribution in [3.63, 3.8) is 0 Å². The number of rotatable bonds is 2. The van der Waals surface area contributed by atoms with Gasteiger partial charge in [0, 0.05) is 15.4 Å². The van der Waals surface area contributed by atoms with E-state index in [1.54, 1.807) is 0 Å². The van der Waals surface area contributed by atoms with E-state index in [2.05, 4.69) is 0 Å². The highest BCUT2D eigenvalue weighted by Crippen LogP contribution is 1.52. The van der Waals surface area contributed by atoms with Crippen molar-refractivity contribution < 1.29 is 13.7 Å². The zero-order chi connectivity index (χ0) is 4.12. The average Bonchev–Trinajstić information content (AvgIpc) is 1.41. The first-order valence-corrected chi connectivity index (χ1v) is 4.18. The molecule has 0 bridgehead atoms. The molecule has 0 N–H and O–H groups in total. The lowest BCUT2D eigenvalue weighted by atomic mass is 15.8. The van der Waals surface area contributed by atoms with Gasteiger partial charge in [-0.3, -0.25) is 0 Å². The summed E-state index contributed by atoms with van der Waals surface area (Å²) in [6.45, 7) is 0. The number of hydrogen-bond acceptors (Lipinski definition) is 2. The molecule has 0 fully saturated rings. The zero-order valence-corrected chi connectivity index (χ0v) is 10.7. The van der Waals surface area contributed by atoms with Crippen LogP contribution in [0.2, 0.25) is 0 Å². The van der Waals surface area contributed by atoms with Gasteiger partial charge < -0.3 is 8.23 Å². The molecule has 0 heterocycles. The van der Waals surface area contributed by atoms with Crippen LogP contribution in [-0.2, 0) is 13.7 Å². The molecular weight excluding hydrogens is 163 g/mol. The van der Waals surface area contributed by atoms with Crippen LogP contribution in [0.1, 0.15) is 0 Å². The maximum Gasteiger partial charge on any atom is 0.282 e. The van der Waals surface area contributed by atoms with Gasteiger partial charge in [-0.05, 0) is 0 Å². The van der Waals surface area contributed by atoms with E-state index in [0.29, 0.717) is 0 Å². The van der Waals surface area contributed by atoms with Crippen molar-refractivity contribution in [2.45, 2.75) is 0 Å². The van der Waals surface area contributed by atoms with E-state index < -0.39 is 10.0 Å². The zero-order valence-electron chi connectivity index (χ0n) is 4.38. The Balaban J connectivity index is -0.0000000800. The Kier molecular flexibility index (Phi) is 35.3. The van der Waals surface area contributed by atoms with Crippen LogP contribution < -0.4 is 0 Å². The highest BCUT2D eigenvalue weighted by molar-refractivity contribution is 6.92. The first-order valence-electron chi connectivity index (χ1n) is 1.39. The van der Waals surface area contributed by atoms with Gasteiger partial charge in [-0.25, -0.2) is 0 Å². The summed E-state index contributed by atoms with van der Waals surface area (Å²) in [6.07, 6.45) is 0. The van der Waals surface area contributed by atoms with Gasteiger partial charge in [-0.2, -0.15) is 0 Å². The highest BCUT2D eigenvalue weighted by atomic mass is 31.0. The lowest BCUT2D eigenvalue weighted by molar-refractivity contribution is 0.513. The third kappa shape index (κ3) is 19.5. The first-order chi connectivity index (χ1) is 2.41. The summed E-state index contributed by atoms with van der Waals surface area (Å²) in [7, 11) is 1.27. The van der Waals surface area contributed by atoms with Gasteiger partial charge in [-0.1, -0.05) is 0 Å². The molecule has 0 saturated heterocycles. The Morgan fingerprint density at radius 2 is 1.43 bits per heavy atom. The summed E-state index contributed by atoms with van der Waals surface area (Å²) in [6, 6.07) is 0. The molecular formula is H8O3PSi3. The maximum atomic E-state index is 4.78. The summed E-state index contributed by atoms with van der Waals surface area (Å²) >= 11 is 0. The lowest BCUT2D eigenvalue weighted by Crippen LogP contribution is -1.96. The van der Waals surface area contributed by atoms with E-state index in [4.69, 9.17) is 8.23 Å². The third-order valence-electron chi connectivity index (χ3n) is 0.236. The average molecular weight is 171 g/mol. The fourth-order valence-electron chi connectivity index (χ4n) is 0.118. The van der Waals surface area contributed by atoms with Crippen molar-refractivity contribution in [2.24, 2.45) is 0 Å². The molecule has 0 aliphatic rings. The minimum absolute atomic E-state index is 0. The van der Waals surface area contributed by atoms with E-state index >= 15 is 0 Å². The van der Waals surface area contributed by atoms with Gasteiger partial charge in [0.2, 0.25) is 0 Å². The molecule has 7 heteroatoms. The molecule has 0 aliphatic heterocycles. The number of hydrogen-bond donors (Lipinski definition) is 0. The van der Waals surface area contributed by atoms with Crippen molar-refractivity contribution in [2.75, 3.05) is 0 Å². The molecule has 0 aromatic rings. The summed E-state index contributed by atoms with van der Waals surface area (Å²) < 4.78 is 9.56. The normalized spacial score (nSPS) is 8.57. The van der Waals surface area contributed by atoms with E-state index in [1.807, 2.05) is 0 Å². The van der Waals surface area contributed by atoms with Crippen molar-refractivity contribution in [3.8, 4) is 0 Å². The van der Waals surface area contributed by atoms with Gasteiger partial charge in [-0.15, -0.1) is 0 Å². The molecule has 0 aliphatic carbocycles. The standard InChI is InChI=1S/H8O2Si3.O.P/c3-1-5-2-4;;/h5H2,3-4H3;;. The molecule has 5 radical (unpaired) electrons. The molecule has 0 aromatic heterocycles. The van der Waals surface area contributed by atoms with E-state index in [0.717, 1.165) is 21.0 Å². The molecule has 0 aromatic carbocycles. The van der Waals surface area contributed by atoms with Crippen LogP contribution in [0.5, 0.6) is 0 Å². The largest absolute Gasteiger partial charge is 0.449 e. The molecule has 0 amide bonds. The smallest absolute Gasteiger partial charge is 0.282 e. The summed E-state index contributed by atoms with van der Waals surface area (Å²) in [5.41, 5.74) is 0. The monoisotopic (exact) mass is 171 g/mol. The second kappa shape index (κ2) is 15.8. The van der Waals surface area contributed by atoms with Crippen LogP contribution in [0.25, 0.3) is 0 Å². The summed E-state index contributed by atoms with van der Waals surface area (Å²) in [4.78, 5) is 0. The molecule has 0 spiro atoms. The van der Waals surface area contributed by atoms with Gasteiger partial charge in [0.1, 0.15) is 21.0 Å². The van der Waals surface area contributed by atoms with E-state index in [9.17, 15) is 0 Å². The summed E-state index contributed by atoms with van der Waals surface area (Å²) in [5.74, 6) is 0. The molecule has 43 valence electrons. The fourth-order valence-corrected chi connectivity index (χ4v) is 3.18. The van der Waals surface area contributed by atoms with Gasteiger partial charge in [0.25, 0.3) is 10.0 Å². The van der Waals surface area contributed by atoms with Crippen LogP contribution in [-0.4, -0.2) is 31.0 Å². The second-order valence-corrected chi connectivity index (χ2v) is 5.55.